The lowest BCUT2D eigenvalue weighted by Gasteiger charge is -2.38. The van der Waals surface area contributed by atoms with Gasteiger partial charge in [0.25, 0.3) is 5.19 Å². The highest BCUT2D eigenvalue weighted by Gasteiger charge is 2.41. The molecule has 2 bridgehead atoms. The number of hydrogen-bond acceptors (Lipinski definition) is 6. The Balaban J connectivity index is 1.17. The number of piperidine rings is 1. The Bertz CT molecular complexity index is 1250. The maximum absolute atomic E-state index is 11.5. The third-order valence-corrected chi connectivity index (χ3v) is 7.56. The molecule has 6 nitrogen and oxygen atoms in total. The number of fused-ring (bicyclic) bond motifs is 4. The zero-order valence-electron chi connectivity index (χ0n) is 17.9. The second-order valence-electron chi connectivity index (χ2n) is 8.89. The summed E-state index contributed by atoms with van der Waals surface area (Å²) in [7, 11) is 0. The molecule has 0 aliphatic carbocycles. The first-order chi connectivity index (χ1) is 15.6. The number of aromatic nitrogens is 1. The minimum absolute atomic E-state index is 0.0732. The van der Waals surface area contributed by atoms with Crippen LogP contribution >= 0.6 is 11.3 Å². The number of ether oxygens (including phenoxy) is 1. The number of carbonyl (C=O) groups is 1. The minimum Gasteiger partial charge on any atom is -0.460 e. The standard InChI is InChI=1S/C25H25N3O3S/c1-15(29)26-17-12-18-6-7-19(13-17)28(18)14-21-11-16-10-20(8-9-23(16)30-21)31-25-27-22-4-2-3-5-24(22)32-25/h2-5,8-11,17-19H,6-7,12-14H2,1H3,(H,26,29)/t17?,18-,19+. The normalized spacial score (nSPS) is 23.1. The third-order valence-electron chi connectivity index (χ3n) is 6.65. The van der Waals surface area contributed by atoms with Crippen LogP contribution < -0.4 is 10.1 Å². The summed E-state index contributed by atoms with van der Waals surface area (Å²) >= 11 is 1.55. The molecular weight excluding hydrogens is 422 g/mol. The van der Waals surface area contributed by atoms with Gasteiger partial charge in [0.05, 0.1) is 16.8 Å². The van der Waals surface area contributed by atoms with Crippen molar-refractivity contribution in [1.29, 1.82) is 0 Å². The van der Waals surface area contributed by atoms with E-state index < -0.39 is 0 Å². The van der Waals surface area contributed by atoms with Crippen LogP contribution in [-0.2, 0) is 11.3 Å². The zero-order chi connectivity index (χ0) is 21.7. The molecule has 1 unspecified atom stereocenters. The van der Waals surface area contributed by atoms with Crippen LogP contribution in [0.2, 0.25) is 0 Å². The summed E-state index contributed by atoms with van der Waals surface area (Å²) in [5.74, 6) is 1.82. The lowest BCUT2D eigenvalue weighted by atomic mass is 9.97. The summed E-state index contributed by atoms with van der Waals surface area (Å²) in [6, 6.07) is 17.4. The number of rotatable bonds is 5. The van der Waals surface area contributed by atoms with E-state index in [1.165, 1.54) is 12.8 Å². The molecule has 3 atom stereocenters. The fourth-order valence-electron chi connectivity index (χ4n) is 5.33. The molecule has 164 valence electrons. The van der Waals surface area contributed by atoms with Crippen LogP contribution in [0.1, 0.15) is 38.4 Å². The van der Waals surface area contributed by atoms with Gasteiger partial charge in [0.15, 0.2) is 0 Å². The van der Waals surface area contributed by atoms with Gasteiger partial charge in [-0.25, -0.2) is 4.98 Å². The van der Waals surface area contributed by atoms with Crippen molar-refractivity contribution in [3.8, 4) is 10.9 Å². The first-order valence-electron chi connectivity index (χ1n) is 11.2. The van der Waals surface area contributed by atoms with Crippen LogP contribution in [0.4, 0.5) is 0 Å². The van der Waals surface area contributed by atoms with E-state index in [0.717, 1.165) is 52.1 Å². The summed E-state index contributed by atoms with van der Waals surface area (Å²) in [6.07, 6.45) is 4.44. The maximum Gasteiger partial charge on any atom is 0.279 e. The molecule has 4 heterocycles. The molecule has 2 aromatic carbocycles. The van der Waals surface area contributed by atoms with E-state index in [4.69, 9.17) is 9.15 Å². The molecule has 2 fully saturated rings. The van der Waals surface area contributed by atoms with E-state index in [0.29, 0.717) is 23.3 Å². The third kappa shape index (κ3) is 3.76. The highest BCUT2D eigenvalue weighted by molar-refractivity contribution is 7.20. The van der Waals surface area contributed by atoms with Gasteiger partial charge in [0.2, 0.25) is 5.91 Å². The molecule has 4 aromatic rings. The van der Waals surface area contributed by atoms with Crippen molar-refractivity contribution < 1.29 is 13.9 Å². The Morgan fingerprint density at radius 2 is 2.00 bits per heavy atom. The number of thiazole rings is 1. The van der Waals surface area contributed by atoms with Crippen molar-refractivity contribution in [3.05, 3.63) is 54.3 Å². The smallest absolute Gasteiger partial charge is 0.279 e. The van der Waals surface area contributed by atoms with Gasteiger partial charge in [-0.2, -0.15) is 0 Å². The van der Waals surface area contributed by atoms with E-state index in [-0.39, 0.29) is 5.91 Å². The van der Waals surface area contributed by atoms with E-state index in [2.05, 4.69) is 27.3 Å². The molecule has 2 aliphatic rings. The SMILES string of the molecule is CC(=O)NC1C[C@H]2CC[C@@H](C1)N2Cc1cc2cc(Oc3nc4ccccc4s3)ccc2o1. The number of carbonyl (C=O) groups excluding carboxylic acids is 1. The topological polar surface area (TPSA) is 67.6 Å². The van der Waals surface area contributed by atoms with Gasteiger partial charge in [-0.15, -0.1) is 0 Å². The number of hydrogen-bond donors (Lipinski definition) is 1. The van der Waals surface area contributed by atoms with Gasteiger partial charge in [-0.05, 0) is 62.1 Å². The maximum atomic E-state index is 11.5. The number of amides is 1. The van der Waals surface area contributed by atoms with E-state index in [1.807, 2.05) is 36.4 Å². The predicted molar refractivity (Wildman–Crippen MR) is 125 cm³/mol. The van der Waals surface area contributed by atoms with E-state index >= 15 is 0 Å². The lowest BCUT2D eigenvalue weighted by Crippen LogP contribution is -2.49. The summed E-state index contributed by atoms with van der Waals surface area (Å²) in [5, 5.41) is 4.80. The van der Waals surface area contributed by atoms with Crippen LogP contribution in [0.5, 0.6) is 10.9 Å². The quantitative estimate of drug-likeness (QED) is 0.440. The van der Waals surface area contributed by atoms with Crippen molar-refractivity contribution in [2.45, 2.75) is 57.3 Å². The summed E-state index contributed by atoms with van der Waals surface area (Å²) in [6.45, 7) is 2.42. The van der Waals surface area contributed by atoms with Crippen LogP contribution in [0.25, 0.3) is 21.2 Å². The highest BCUT2D eigenvalue weighted by atomic mass is 32.1. The number of nitrogens with one attached hydrogen (secondary N) is 1. The molecule has 1 N–H and O–H groups in total. The number of para-hydroxylation sites is 1. The van der Waals surface area contributed by atoms with Crippen LogP contribution in [0.3, 0.4) is 0 Å². The Hall–Kier alpha value is -2.90. The second-order valence-corrected chi connectivity index (χ2v) is 9.88. The van der Waals surface area contributed by atoms with Crippen molar-refractivity contribution in [3.63, 3.8) is 0 Å². The average molecular weight is 448 g/mol. The number of furan rings is 1. The van der Waals surface area contributed by atoms with Crippen LogP contribution in [0.15, 0.2) is 52.9 Å². The van der Waals surface area contributed by atoms with Crippen molar-refractivity contribution in [1.82, 2.24) is 15.2 Å². The van der Waals surface area contributed by atoms with Crippen molar-refractivity contribution >= 4 is 38.4 Å². The molecular formula is C25H25N3O3S. The molecule has 32 heavy (non-hydrogen) atoms. The molecule has 2 aliphatic heterocycles. The van der Waals surface area contributed by atoms with E-state index in [9.17, 15) is 4.79 Å². The summed E-state index contributed by atoms with van der Waals surface area (Å²) < 4.78 is 13.3. The van der Waals surface area contributed by atoms with Gasteiger partial charge >= 0.3 is 0 Å². The fourth-order valence-corrected chi connectivity index (χ4v) is 6.17. The summed E-state index contributed by atoms with van der Waals surface area (Å²) in [4.78, 5) is 18.6. The van der Waals surface area contributed by atoms with Crippen molar-refractivity contribution in [2.75, 3.05) is 0 Å². The molecule has 7 heteroatoms. The summed E-state index contributed by atoms with van der Waals surface area (Å²) in [5.41, 5.74) is 1.83. The lowest BCUT2D eigenvalue weighted by molar-refractivity contribution is -0.120. The first-order valence-corrected chi connectivity index (χ1v) is 12.0. The highest BCUT2D eigenvalue weighted by Crippen LogP contribution is 2.38. The van der Waals surface area contributed by atoms with Crippen molar-refractivity contribution in [2.24, 2.45) is 0 Å². The van der Waals surface area contributed by atoms with E-state index in [1.54, 1.807) is 18.3 Å². The molecule has 0 spiro atoms. The van der Waals surface area contributed by atoms with Gasteiger partial charge < -0.3 is 14.5 Å². The fraction of sp³-hybridized carbons (Fsp3) is 0.360. The Labute approximate surface area is 190 Å². The van der Waals surface area contributed by atoms with Crippen LogP contribution in [0, 0.1) is 0 Å². The Kier molecular flexibility index (Phi) is 4.88. The first kappa shape index (κ1) is 19.8. The minimum atomic E-state index is 0.0732. The monoisotopic (exact) mass is 447 g/mol. The van der Waals surface area contributed by atoms with Gasteiger partial charge in [-0.3, -0.25) is 9.69 Å². The Morgan fingerprint density at radius 1 is 1.19 bits per heavy atom. The molecule has 2 aromatic heterocycles. The molecule has 0 saturated carbocycles. The van der Waals surface area contributed by atoms with Gasteiger partial charge in [0.1, 0.15) is 17.1 Å². The van der Waals surface area contributed by atoms with Gasteiger partial charge in [0, 0.05) is 30.4 Å². The largest absolute Gasteiger partial charge is 0.460 e. The number of benzene rings is 2. The molecule has 6 rings (SSSR count). The molecule has 0 radical (unpaired) electrons. The predicted octanol–water partition coefficient (Wildman–Crippen LogP) is 5.47. The van der Waals surface area contributed by atoms with Crippen LogP contribution in [-0.4, -0.2) is 33.9 Å². The zero-order valence-corrected chi connectivity index (χ0v) is 18.7. The average Bonchev–Trinajstić information content (AvgIpc) is 3.41. The molecule has 1 amide bonds. The second kappa shape index (κ2) is 7.90. The molecule has 2 saturated heterocycles. The number of nitrogens with zero attached hydrogens (tertiary/aromatic N) is 2. The van der Waals surface area contributed by atoms with Gasteiger partial charge in [-0.1, -0.05) is 23.5 Å². The Morgan fingerprint density at radius 3 is 2.78 bits per heavy atom.